The van der Waals surface area contributed by atoms with Gasteiger partial charge in [-0.05, 0) is 50.7 Å². The van der Waals surface area contributed by atoms with E-state index in [9.17, 15) is 9.59 Å². The standard InChI is InChI=1S/C22H31NO4/c1-20(2,3)9-14-7-17-15(8-18(25)26-21(4,5)6)10-22(11-16(24)12-22)27-19(17)23-13-14/h7,13,15H,8-12H2,1-6H3/t15-/m0/s1. The molecule has 0 radical (unpaired) electrons. The molecule has 5 nitrogen and oxygen atoms in total. The zero-order valence-corrected chi connectivity index (χ0v) is 17.3. The minimum Gasteiger partial charge on any atom is -0.470 e. The Bertz CT molecular complexity index is 747. The van der Waals surface area contributed by atoms with Crippen LogP contribution in [-0.2, 0) is 20.7 Å². The third-order valence-corrected chi connectivity index (χ3v) is 4.91. The molecular weight excluding hydrogens is 342 g/mol. The molecule has 0 aromatic carbocycles. The first-order chi connectivity index (χ1) is 12.3. The second kappa shape index (κ2) is 6.61. The summed E-state index contributed by atoms with van der Waals surface area (Å²) in [5.41, 5.74) is 1.25. The van der Waals surface area contributed by atoms with Crippen molar-refractivity contribution in [1.82, 2.24) is 4.98 Å². The van der Waals surface area contributed by atoms with Crippen molar-refractivity contribution in [2.45, 2.75) is 90.8 Å². The molecule has 1 aromatic rings. The largest absolute Gasteiger partial charge is 0.470 e. The van der Waals surface area contributed by atoms with Crippen LogP contribution in [0.15, 0.2) is 12.3 Å². The van der Waals surface area contributed by atoms with Gasteiger partial charge in [0.25, 0.3) is 0 Å². The Hall–Kier alpha value is -1.91. The fraction of sp³-hybridized carbons (Fsp3) is 0.682. The Labute approximate surface area is 161 Å². The number of ether oxygens (including phenoxy) is 2. The number of carbonyl (C=O) groups is 2. The number of aromatic nitrogens is 1. The van der Waals surface area contributed by atoms with E-state index in [1.807, 2.05) is 27.0 Å². The van der Waals surface area contributed by atoms with Crippen LogP contribution in [0.5, 0.6) is 5.88 Å². The maximum atomic E-state index is 12.5. The minimum atomic E-state index is -0.512. The van der Waals surface area contributed by atoms with Crippen LogP contribution in [-0.4, -0.2) is 27.9 Å². The molecule has 2 heterocycles. The Kier molecular flexibility index (Phi) is 4.86. The summed E-state index contributed by atoms with van der Waals surface area (Å²) in [6, 6.07) is 2.12. The number of carbonyl (C=O) groups excluding carboxylic acids is 2. The zero-order valence-electron chi connectivity index (χ0n) is 17.3. The van der Waals surface area contributed by atoms with Gasteiger partial charge in [-0.2, -0.15) is 0 Å². The molecule has 27 heavy (non-hydrogen) atoms. The average Bonchev–Trinajstić information content (AvgIpc) is 2.42. The number of esters is 1. The van der Waals surface area contributed by atoms with Crippen molar-refractivity contribution < 1.29 is 19.1 Å². The van der Waals surface area contributed by atoms with Crippen molar-refractivity contribution >= 4 is 11.8 Å². The number of Topliss-reactive ketones (excluding diaryl/α,β-unsaturated/α-hetero) is 1. The second-order valence-corrected chi connectivity index (χ2v) is 10.3. The SMILES string of the molecule is CC(C)(C)Cc1cnc2c(c1)[C@@H](CC(=O)OC(C)(C)C)CC1(CC(=O)C1)O2. The van der Waals surface area contributed by atoms with E-state index in [0.29, 0.717) is 25.1 Å². The van der Waals surface area contributed by atoms with Gasteiger partial charge in [-0.1, -0.05) is 20.8 Å². The molecule has 1 aliphatic heterocycles. The van der Waals surface area contributed by atoms with Gasteiger partial charge in [0.1, 0.15) is 17.0 Å². The molecule has 1 aliphatic carbocycles. The fourth-order valence-electron chi connectivity index (χ4n) is 4.06. The molecule has 0 bridgehead atoms. The van der Waals surface area contributed by atoms with Gasteiger partial charge in [0.15, 0.2) is 0 Å². The van der Waals surface area contributed by atoms with Crippen LogP contribution in [0.25, 0.3) is 0 Å². The molecule has 5 heteroatoms. The molecule has 0 N–H and O–H groups in total. The first kappa shape index (κ1) is 19.8. The maximum Gasteiger partial charge on any atom is 0.306 e. The van der Waals surface area contributed by atoms with Crippen molar-refractivity contribution in [2.24, 2.45) is 5.41 Å². The van der Waals surface area contributed by atoms with E-state index in [-0.39, 0.29) is 29.5 Å². The van der Waals surface area contributed by atoms with Crippen LogP contribution in [0, 0.1) is 5.41 Å². The summed E-state index contributed by atoms with van der Waals surface area (Å²) in [6.45, 7) is 12.2. The second-order valence-electron chi connectivity index (χ2n) is 10.3. The van der Waals surface area contributed by atoms with E-state index in [2.05, 4.69) is 31.8 Å². The Balaban J connectivity index is 1.87. The summed E-state index contributed by atoms with van der Waals surface area (Å²) in [5.74, 6) is 0.519. The van der Waals surface area contributed by atoms with E-state index in [1.165, 1.54) is 0 Å². The lowest BCUT2D eigenvalue weighted by atomic mass is 9.69. The van der Waals surface area contributed by atoms with Gasteiger partial charge in [0.05, 0.1) is 6.42 Å². The summed E-state index contributed by atoms with van der Waals surface area (Å²) < 4.78 is 11.7. The summed E-state index contributed by atoms with van der Waals surface area (Å²) in [4.78, 5) is 28.7. The lowest BCUT2D eigenvalue weighted by molar-refractivity contribution is -0.156. The van der Waals surface area contributed by atoms with E-state index in [0.717, 1.165) is 17.5 Å². The van der Waals surface area contributed by atoms with Gasteiger partial charge in [0.2, 0.25) is 5.88 Å². The average molecular weight is 373 g/mol. The molecule has 148 valence electrons. The van der Waals surface area contributed by atoms with Crippen LogP contribution in [0.4, 0.5) is 0 Å². The van der Waals surface area contributed by atoms with E-state index in [1.54, 1.807) is 0 Å². The fourth-order valence-corrected chi connectivity index (χ4v) is 4.06. The first-order valence-electron chi connectivity index (χ1n) is 9.76. The van der Waals surface area contributed by atoms with Gasteiger partial charge in [-0.15, -0.1) is 0 Å². The lowest BCUT2D eigenvalue weighted by Crippen LogP contribution is -2.52. The van der Waals surface area contributed by atoms with Gasteiger partial charge < -0.3 is 9.47 Å². The molecule has 1 fully saturated rings. The van der Waals surface area contributed by atoms with Crippen molar-refractivity contribution in [3.63, 3.8) is 0 Å². The first-order valence-corrected chi connectivity index (χ1v) is 9.76. The smallest absolute Gasteiger partial charge is 0.306 e. The third kappa shape index (κ3) is 4.88. The number of fused-ring (bicyclic) bond motifs is 1. The highest BCUT2D eigenvalue weighted by Crippen LogP contribution is 2.49. The number of hydrogen-bond donors (Lipinski definition) is 0. The minimum absolute atomic E-state index is 0.0379. The van der Waals surface area contributed by atoms with Crippen LogP contribution in [0.1, 0.15) is 84.3 Å². The van der Waals surface area contributed by atoms with E-state index in [4.69, 9.17) is 9.47 Å². The van der Waals surface area contributed by atoms with Gasteiger partial charge >= 0.3 is 5.97 Å². The molecule has 1 aromatic heterocycles. The lowest BCUT2D eigenvalue weighted by Gasteiger charge is -2.46. The highest BCUT2D eigenvalue weighted by Gasteiger charge is 2.51. The highest BCUT2D eigenvalue weighted by atomic mass is 16.6. The van der Waals surface area contributed by atoms with Crippen molar-refractivity contribution in [3.05, 3.63) is 23.4 Å². The maximum absolute atomic E-state index is 12.5. The Morgan fingerprint density at radius 2 is 1.93 bits per heavy atom. The molecule has 0 unspecified atom stereocenters. The van der Waals surface area contributed by atoms with Crippen LogP contribution in [0.2, 0.25) is 0 Å². The number of nitrogens with zero attached hydrogens (tertiary/aromatic N) is 1. The van der Waals surface area contributed by atoms with E-state index >= 15 is 0 Å². The summed E-state index contributed by atoms with van der Waals surface area (Å²) >= 11 is 0. The Morgan fingerprint density at radius 3 is 2.48 bits per heavy atom. The van der Waals surface area contributed by atoms with Gasteiger partial charge in [-0.25, -0.2) is 4.98 Å². The monoisotopic (exact) mass is 373 g/mol. The number of pyridine rings is 1. The number of rotatable bonds is 3. The van der Waals surface area contributed by atoms with Crippen molar-refractivity contribution in [2.75, 3.05) is 0 Å². The van der Waals surface area contributed by atoms with Crippen molar-refractivity contribution in [1.29, 1.82) is 0 Å². The topological polar surface area (TPSA) is 65.5 Å². The molecule has 1 atom stereocenters. The van der Waals surface area contributed by atoms with Crippen LogP contribution in [0.3, 0.4) is 0 Å². The van der Waals surface area contributed by atoms with E-state index < -0.39 is 11.2 Å². The molecule has 2 aliphatic rings. The molecule has 1 saturated carbocycles. The zero-order chi connectivity index (χ0) is 20.0. The summed E-state index contributed by atoms with van der Waals surface area (Å²) in [6.07, 6.45) is 4.51. The van der Waals surface area contributed by atoms with Gasteiger partial charge in [0, 0.05) is 30.5 Å². The number of ketones is 1. The molecule has 0 saturated heterocycles. The normalized spacial score (nSPS) is 21.3. The van der Waals surface area contributed by atoms with Crippen LogP contribution >= 0.6 is 0 Å². The Morgan fingerprint density at radius 1 is 1.26 bits per heavy atom. The van der Waals surface area contributed by atoms with Crippen molar-refractivity contribution in [3.8, 4) is 5.88 Å². The molecule has 1 spiro atoms. The predicted molar refractivity (Wildman–Crippen MR) is 103 cm³/mol. The molecular formula is C22H31NO4. The van der Waals surface area contributed by atoms with Crippen LogP contribution < -0.4 is 4.74 Å². The number of hydrogen-bond acceptors (Lipinski definition) is 5. The highest BCUT2D eigenvalue weighted by molar-refractivity contribution is 5.87. The molecule has 0 amide bonds. The predicted octanol–water partition coefficient (Wildman–Crippen LogP) is 4.37. The quantitative estimate of drug-likeness (QED) is 0.736. The van der Waals surface area contributed by atoms with Gasteiger partial charge in [-0.3, -0.25) is 9.59 Å². The molecule has 3 rings (SSSR count). The summed E-state index contributed by atoms with van der Waals surface area (Å²) in [5, 5.41) is 0. The summed E-state index contributed by atoms with van der Waals surface area (Å²) in [7, 11) is 0. The third-order valence-electron chi connectivity index (χ3n) is 4.91.